The van der Waals surface area contributed by atoms with Crippen LogP contribution in [0, 0.1) is 5.92 Å². The van der Waals surface area contributed by atoms with Crippen LogP contribution in [0.5, 0.6) is 5.75 Å². The zero-order valence-electron chi connectivity index (χ0n) is 11.8. The highest BCUT2D eigenvalue weighted by Crippen LogP contribution is 2.54. The average Bonchev–Trinajstić information content (AvgIpc) is 3.00. The van der Waals surface area contributed by atoms with Gasteiger partial charge in [0.05, 0.1) is 11.7 Å². The molecule has 0 aromatic heterocycles. The number of aromatic hydroxyl groups is 1. The molecular formula is C18H15Cl2NO. The van der Waals surface area contributed by atoms with Gasteiger partial charge in [-0.25, -0.2) is 0 Å². The topological polar surface area (TPSA) is 32.3 Å². The molecule has 2 aromatic carbocycles. The fourth-order valence-electron chi connectivity index (χ4n) is 3.65. The zero-order chi connectivity index (χ0) is 15.3. The standard InChI is InChI=1S/C18H15Cl2NO/c19-11-6-4-10(5-7-11)17-13-3-1-2-12(13)16-14(20)8-9-15(22)18(16)21-17/h1-2,4-9,12-13,17,21-22H,3H2/t12-,13+,17+/m0/s1. The van der Waals surface area contributed by atoms with Crippen molar-refractivity contribution in [2.24, 2.45) is 5.92 Å². The number of phenols is 1. The number of rotatable bonds is 1. The van der Waals surface area contributed by atoms with Crippen LogP contribution >= 0.6 is 23.2 Å². The molecule has 0 saturated heterocycles. The molecule has 2 aliphatic rings. The highest BCUT2D eigenvalue weighted by atomic mass is 35.5. The van der Waals surface area contributed by atoms with Crippen LogP contribution in [0.15, 0.2) is 48.6 Å². The van der Waals surface area contributed by atoms with E-state index >= 15 is 0 Å². The lowest BCUT2D eigenvalue weighted by Crippen LogP contribution is -2.29. The molecule has 3 atom stereocenters. The second-order valence-corrected chi connectivity index (χ2v) is 6.73. The van der Waals surface area contributed by atoms with Crippen LogP contribution in [-0.4, -0.2) is 5.11 Å². The quantitative estimate of drug-likeness (QED) is 0.532. The van der Waals surface area contributed by atoms with Gasteiger partial charge in [-0.1, -0.05) is 47.5 Å². The maximum atomic E-state index is 10.2. The summed E-state index contributed by atoms with van der Waals surface area (Å²) in [5.41, 5.74) is 2.93. The summed E-state index contributed by atoms with van der Waals surface area (Å²) in [7, 11) is 0. The molecule has 112 valence electrons. The predicted molar refractivity (Wildman–Crippen MR) is 90.9 cm³/mol. The SMILES string of the molecule is Oc1ccc(Cl)c2c1N[C@H](c1ccc(Cl)cc1)[C@@H]1CC=C[C@H]21. The van der Waals surface area contributed by atoms with Gasteiger partial charge >= 0.3 is 0 Å². The summed E-state index contributed by atoms with van der Waals surface area (Å²) in [5.74, 6) is 0.876. The molecule has 2 N–H and O–H groups in total. The van der Waals surface area contributed by atoms with Gasteiger partial charge in [0.25, 0.3) is 0 Å². The summed E-state index contributed by atoms with van der Waals surface area (Å²) in [6.45, 7) is 0. The molecule has 0 bridgehead atoms. The molecule has 1 heterocycles. The predicted octanol–water partition coefficient (Wildman–Crippen LogP) is 5.53. The van der Waals surface area contributed by atoms with E-state index in [0.717, 1.165) is 22.7 Å². The summed E-state index contributed by atoms with van der Waals surface area (Å²) in [4.78, 5) is 0. The van der Waals surface area contributed by atoms with Crippen LogP contribution in [0.3, 0.4) is 0 Å². The molecule has 22 heavy (non-hydrogen) atoms. The van der Waals surface area contributed by atoms with Crippen LogP contribution in [0.4, 0.5) is 5.69 Å². The first kappa shape index (κ1) is 14.0. The van der Waals surface area contributed by atoms with Crippen molar-refractivity contribution < 1.29 is 5.11 Å². The number of nitrogens with one attached hydrogen (secondary N) is 1. The summed E-state index contributed by atoms with van der Waals surface area (Å²) >= 11 is 12.4. The summed E-state index contributed by atoms with van der Waals surface area (Å²) < 4.78 is 0. The number of hydrogen-bond donors (Lipinski definition) is 2. The smallest absolute Gasteiger partial charge is 0.139 e. The third kappa shape index (κ3) is 2.10. The number of anilines is 1. The first-order chi connectivity index (χ1) is 10.6. The second kappa shape index (κ2) is 5.22. The van der Waals surface area contributed by atoms with Crippen molar-refractivity contribution in [3.05, 3.63) is 69.7 Å². The molecule has 4 rings (SSSR count). The summed E-state index contributed by atoms with van der Waals surface area (Å²) in [6.07, 6.45) is 5.41. The van der Waals surface area contributed by atoms with Crippen molar-refractivity contribution >= 4 is 28.9 Å². The molecule has 2 nitrogen and oxygen atoms in total. The molecule has 0 fully saturated rings. The molecule has 0 radical (unpaired) electrons. The van der Waals surface area contributed by atoms with E-state index in [1.54, 1.807) is 12.1 Å². The van der Waals surface area contributed by atoms with Gasteiger partial charge in [0.15, 0.2) is 0 Å². The number of fused-ring (bicyclic) bond motifs is 3. The van der Waals surface area contributed by atoms with Crippen molar-refractivity contribution in [1.29, 1.82) is 0 Å². The minimum Gasteiger partial charge on any atom is -0.506 e. The Morgan fingerprint density at radius 3 is 2.59 bits per heavy atom. The monoisotopic (exact) mass is 331 g/mol. The fraction of sp³-hybridized carbons (Fsp3) is 0.222. The molecule has 0 saturated carbocycles. The highest BCUT2D eigenvalue weighted by molar-refractivity contribution is 6.32. The van der Waals surface area contributed by atoms with E-state index in [-0.39, 0.29) is 17.7 Å². The Kier molecular flexibility index (Phi) is 3.32. The van der Waals surface area contributed by atoms with Crippen LogP contribution in [0.1, 0.15) is 29.5 Å². The minimum absolute atomic E-state index is 0.133. The molecule has 1 aliphatic heterocycles. The Morgan fingerprint density at radius 1 is 1.05 bits per heavy atom. The van der Waals surface area contributed by atoms with Crippen molar-refractivity contribution in [3.8, 4) is 5.75 Å². The van der Waals surface area contributed by atoms with E-state index in [4.69, 9.17) is 23.2 Å². The molecule has 0 amide bonds. The van der Waals surface area contributed by atoms with Gasteiger partial charge in [-0.2, -0.15) is 0 Å². The van der Waals surface area contributed by atoms with Gasteiger partial charge in [-0.15, -0.1) is 0 Å². The normalized spacial score (nSPS) is 25.5. The number of allylic oxidation sites excluding steroid dienone is 2. The van der Waals surface area contributed by atoms with Gasteiger partial charge in [0.1, 0.15) is 5.75 Å². The Labute approximate surface area is 139 Å². The van der Waals surface area contributed by atoms with Crippen LogP contribution < -0.4 is 5.32 Å². The van der Waals surface area contributed by atoms with E-state index in [2.05, 4.69) is 17.5 Å². The Morgan fingerprint density at radius 2 is 1.82 bits per heavy atom. The highest BCUT2D eigenvalue weighted by Gasteiger charge is 2.40. The average molecular weight is 332 g/mol. The van der Waals surface area contributed by atoms with E-state index in [0.29, 0.717) is 10.9 Å². The number of benzene rings is 2. The number of phenolic OH excluding ortho intramolecular Hbond substituents is 1. The maximum Gasteiger partial charge on any atom is 0.139 e. The van der Waals surface area contributed by atoms with E-state index < -0.39 is 0 Å². The fourth-order valence-corrected chi connectivity index (χ4v) is 4.06. The first-order valence-corrected chi connectivity index (χ1v) is 8.11. The van der Waals surface area contributed by atoms with Crippen molar-refractivity contribution in [1.82, 2.24) is 0 Å². The molecule has 4 heteroatoms. The lowest BCUT2D eigenvalue weighted by atomic mass is 9.77. The van der Waals surface area contributed by atoms with Crippen molar-refractivity contribution in [2.45, 2.75) is 18.4 Å². The molecule has 1 aliphatic carbocycles. The minimum atomic E-state index is 0.133. The van der Waals surface area contributed by atoms with Crippen LogP contribution in [-0.2, 0) is 0 Å². The third-order valence-electron chi connectivity index (χ3n) is 4.67. The van der Waals surface area contributed by atoms with Gasteiger partial charge in [0.2, 0.25) is 0 Å². The Hall–Kier alpha value is -1.64. The van der Waals surface area contributed by atoms with Crippen LogP contribution in [0.25, 0.3) is 0 Å². The zero-order valence-corrected chi connectivity index (χ0v) is 13.3. The van der Waals surface area contributed by atoms with E-state index in [1.807, 2.05) is 24.3 Å². The Bertz CT molecular complexity index is 754. The van der Waals surface area contributed by atoms with Gasteiger partial charge in [-0.05, 0) is 42.2 Å². The molecule has 2 aromatic rings. The van der Waals surface area contributed by atoms with Gasteiger partial charge in [0, 0.05) is 21.5 Å². The van der Waals surface area contributed by atoms with Crippen LogP contribution in [0.2, 0.25) is 10.0 Å². The third-order valence-corrected chi connectivity index (χ3v) is 5.26. The van der Waals surface area contributed by atoms with E-state index in [1.165, 1.54) is 5.56 Å². The van der Waals surface area contributed by atoms with E-state index in [9.17, 15) is 5.11 Å². The maximum absolute atomic E-state index is 10.2. The lowest BCUT2D eigenvalue weighted by Gasteiger charge is -2.38. The number of hydrogen-bond acceptors (Lipinski definition) is 2. The van der Waals surface area contributed by atoms with Crippen molar-refractivity contribution in [2.75, 3.05) is 5.32 Å². The molecule has 0 spiro atoms. The molecule has 0 unspecified atom stereocenters. The summed E-state index contributed by atoms with van der Waals surface area (Å²) in [5, 5.41) is 15.2. The largest absolute Gasteiger partial charge is 0.506 e. The summed E-state index contributed by atoms with van der Waals surface area (Å²) in [6, 6.07) is 11.4. The van der Waals surface area contributed by atoms with Crippen molar-refractivity contribution in [3.63, 3.8) is 0 Å². The van der Waals surface area contributed by atoms with Gasteiger partial charge < -0.3 is 10.4 Å². The Balaban J connectivity index is 1.84. The van der Waals surface area contributed by atoms with Gasteiger partial charge in [-0.3, -0.25) is 0 Å². The molecular weight excluding hydrogens is 317 g/mol. The lowest BCUT2D eigenvalue weighted by molar-refractivity contribution is 0.415. The second-order valence-electron chi connectivity index (χ2n) is 5.88. The first-order valence-electron chi connectivity index (χ1n) is 7.35. The number of halogens is 2.